The average molecular weight is 353 g/mol. The van der Waals surface area contributed by atoms with Gasteiger partial charge >= 0.3 is 5.97 Å². The van der Waals surface area contributed by atoms with Crippen molar-refractivity contribution in [1.29, 1.82) is 0 Å². The average Bonchev–Trinajstić information content (AvgIpc) is 2.46. The summed E-state index contributed by atoms with van der Waals surface area (Å²) in [7, 11) is 1.34. The second kappa shape index (κ2) is 6.76. The number of nitrogen functional groups attached to an aromatic ring is 1. The van der Waals surface area contributed by atoms with Gasteiger partial charge in [-0.1, -0.05) is 6.07 Å². The molecule has 0 saturated heterocycles. The lowest BCUT2D eigenvalue weighted by molar-refractivity contribution is 0.0594. The number of nitrogens with zero attached hydrogens (tertiary/aromatic N) is 1. The van der Waals surface area contributed by atoms with Gasteiger partial charge in [0.1, 0.15) is 5.69 Å². The van der Waals surface area contributed by atoms with Crippen LogP contribution in [0.2, 0.25) is 0 Å². The van der Waals surface area contributed by atoms with Crippen LogP contribution in [0.4, 0.5) is 5.69 Å². The molecule has 0 fully saturated rings. The Kier molecular flexibility index (Phi) is 5.03. The second-order valence-electron chi connectivity index (χ2n) is 3.98. The fourth-order valence-electron chi connectivity index (χ4n) is 1.56. The van der Waals surface area contributed by atoms with Gasteiger partial charge in [0, 0.05) is 20.8 Å². The van der Waals surface area contributed by atoms with Crippen LogP contribution in [-0.4, -0.2) is 18.1 Å². The van der Waals surface area contributed by atoms with Crippen LogP contribution in [0.25, 0.3) is 0 Å². The molecule has 104 valence electrons. The molecule has 0 radical (unpaired) electrons. The smallest absolute Gasteiger partial charge is 0.356 e. The minimum Gasteiger partial charge on any atom is -0.464 e. The molecule has 0 spiro atoms. The number of rotatable bonds is 4. The van der Waals surface area contributed by atoms with Gasteiger partial charge in [-0.2, -0.15) is 0 Å². The lowest BCUT2D eigenvalue weighted by atomic mass is 10.3. The Morgan fingerprint density at radius 1 is 1.40 bits per heavy atom. The highest BCUT2D eigenvalue weighted by molar-refractivity contribution is 9.10. The number of carbonyl (C=O) groups is 1. The van der Waals surface area contributed by atoms with Crippen molar-refractivity contribution in [3.8, 4) is 0 Å². The van der Waals surface area contributed by atoms with Gasteiger partial charge in [-0.25, -0.2) is 9.78 Å². The highest BCUT2D eigenvalue weighted by Gasteiger charge is 2.08. The van der Waals surface area contributed by atoms with Crippen LogP contribution in [0, 0.1) is 0 Å². The number of esters is 1. The zero-order valence-corrected chi connectivity index (χ0v) is 13.2. The maximum Gasteiger partial charge on any atom is 0.356 e. The highest BCUT2D eigenvalue weighted by Crippen LogP contribution is 2.31. The SMILES string of the molecule is COC(=O)c1cccc(CSc2ccc(N)cc2Br)n1. The first kappa shape index (κ1) is 14.9. The zero-order valence-electron chi connectivity index (χ0n) is 10.8. The standard InChI is InChI=1S/C14H13BrN2O2S/c1-19-14(18)12-4-2-3-10(17-12)8-20-13-6-5-9(16)7-11(13)15/h2-7H,8,16H2,1H3. The van der Waals surface area contributed by atoms with Crippen molar-refractivity contribution in [2.45, 2.75) is 10.6 Å². The normalized spacial score (nSPS) is 10.3. The quantitative estimate of drug-likeness (QED) is 0.518. The molecule has 2 rings (SSSR count). The van der Waals surface area contributed by atoms with Crippen LogP contribution in [0.1, 0.15) is 16.2 Å². The van der Waals surface area contributed by atoms with Crippen molar-refractivity contribution in [1.82, 2.24) is 4.98 Å². The molecule has 0 amide bonds. The van der Waals surface area contributed by atoms with Gasteiger partial charge in [-0.3, -0.25) is 0 Å². The van der Waals surface area contributed by atoms with Crippen LogP contribution >= 0.6 is 27.7 Å². The van der Waals surface area contributed by atoms with Gasteiger partial charge in [0.2, 0.25) is 0 Å². The fraction of sp³-hybridized carbons (Fsp3) is 0.143. The van der Waals surface area contributed by atoms with Crippen molar-refractivity contribution < 1.29 is 9.53 Å². The molecule has 6 heteroatoms. The van der Waals surface area contributed by atoms with Gasteiger partial charge in [-0.05, 0) is 46.3 Å². The summed E-state index contributed by atoms with van der Waals surface area (Å²) >= 11 is 5.09. The molecule has 0 aliphatic rings. The third-order valence-electron chi connectivity index (χ3n) is 2.53. The van der Waals surface area contributed by atoms with Gasteiger partial charge < -0.3 is 10.5 Å². The fourth-order valence-corrected chi connectivity index (χ4v) is 3.13. The first-order valence-corrected chi connectivity index (χ1v) is 7.60. The Balaban J connectivity index is 2.09. The molecule has 2 aromatic rings. The van der Waals surface area contributed by atoms with E-state index in [0.717, 1.165) is 15.1 Å². The predicted molar refractivity (Wildman–Crippen MR) is 83.7 cm³/mol. The van der Waals surface area contributed by atoms with E-state index < -0.39 is 5.97 Å². The Morgan fingerprint density at radius 3 is 2.90 bits per heavy atom. The number of pyridine rings is 1. The Bertz CT molecular complexity index is 634. The first-order valence-electron chi connectivity index (χ1n) is 5.82. The largest absolute Gasteiger partial charge is 0.464 e. The minimum atomic E-state index is -0.425. The highest BCUT2D eigenvalue weighted by atomic mass is 79.9. The van der Waals surface area contributed by atoms with E-state index >= 15 is 0 Å². The molecule has 0 aliphatic carbocycles. The number of benzene rings is 1. The number of methoxy groups -OCH3 is 1. The van der Waals surface area contributed by atoms with Gasteiger partial charge in [0.15, 0.2) is 0 Å². The van der Waals surface area contributed by atoms with E-state index in [0.29, 0.717) is 17.1 Å². The Morgan fingerprint density at radius 2 is 2.20 bits per heavy atom. The number of ether oxygens (including phenoxy) is 1. The summed E-state index contributed by atoms with van der Waals surface area (Å²) in [5, 5.41) is 0. The van der Waals surface area contributed by atoms with E-state index in [1.54, 1.807) is 23.9 Å². The van der Waals surface area contributed by atoms with Crippen molar-refractivity contribution >= 4 is 39.3 Å². The summed E-state index contributed by atoms with van der Waals surface area (Å²) < 4.78 is 5.61. The van der Waals surface area contributed by atoms with E-state index in [9.17, 15) is 4.79 Å². The molecular weight excluding hydrogens is 340 g/mol. The molecule has 1 aromatic heterocycles. The maximum absolute atomic E-state index is 11.4. The number of aromatic nitrogens is 1. The van der Waals surface area contributed by atoms with Crippen LogP contribution in [0.3, 0.4) is 0 Å². The number of thioether (sulfide) groups is 1. The van der Waals surface area contributed by atoms with Crippen LogP contribution in [0.5, 0.6) is 0 Å². The predicted octanol–water partition coefficient (Wildman–Crippen LogP) is 3.51. The van der Waals surface area contributed by atoms with Crippen LogP contribution in [-0.2, 0) is 10.5 Å². The Hall–Kier alpha value is -1.53. The zero-order chi connectivity index (χ0) is 14.5. The maximum atomic E-state index is 11.4. The van der Waals surface area contributed by atoms with Crippen LogP contribution < -0.4 is 5.73 Å². The van der Waals surface area contributed by atoms with Gasteiger partial charge in [0.05, 0.1) is 12.8 Å². The molecule has 0 saturated carbocycles. The van der Waals surface area contributed by atoms with E-state index in [2.05, 4.69) is 25.7 Å². The van der Waals surface area contributed by atoms with Crippen LogP contribution in [0.15, 0.2) is 45.8 Å². The lowest BCUT2D eigenvalue weighted by Gasteiger charge is -2.06. The molecule has 20 heavy (non-hydrogen) atoms. The third kappa shape index (κ3) is 3.74. The van der Waals surface area contributed by atoms with E-state index in [1.807, 2.05) is 24.3 Å². The summed E-state index contributed by atoms with van der Waals surface area (Å²) in [6.45, 7) is 0. The van der Waals surface area contributed by atoms with E-state index in [1.165, 1.54) is 7.11 Å². The Labute approximate surface area is 129 Å². The van der Waals surface area contributed by atoms with Crippen molar-refractivity contribution in [2.75, 3.05) is 12.8 Å². The molecule has 0 bridgehead atoms. The van der Waals surface area contributed by atoms with E-state index in [-0.39, 0.29) is 0 Å². The molecule has 1 heterocycles. The number of carbonyl (C=O) groups excluding carboxylic acids is 1. The van der Waals surface area contributed by atoms with Crippen molar-refractivity contribution in [3.63, 3.8) is 0 Å². The summed E-state index contributed by atoms with van der Waals surface area (Å²) in [5.41, 5.74) is 7.56. The summed E-state index contributed by atoms with van der Waals surface area (Å²) in [6, 6.07) is 11.0. The summed E-state index contributed by atoms with van der Waals surface area (Å²) in [6.07, 6.45) is 0. The van der Waals surface area contributed by atoms with E-state index in [4.69, 9.17) is 5.73 Å². The minimum absolute atomic E-state index is 0.321. The molecule has 1 aromatic carbocycles. The molecule has 2 N–H and O–H groups in total. The molecule has 0 atom stereocenters. The number of nitrogens with two attached hydrogens (primary N) is 1. The number of hydrogen-bond acceptors (Lipinski definition) is 5. The van der Waals surface area contributed by atoms with Gasteiger partial charge in [-0.15, -0.1) is 11.8 Å². The summed E-state index contributed by atoms with van der Waals surface area (Å²) in [4.78, 5) is 16.8. The molecular formula is C14H13BrN2O2S. The topological polar surface area (TPSA) is 65.2 Å². The molecule has 0 unspecified atom stereocenters. The summed E-state index contributed by atoms with van der Waals surface area (Å²) in [5.74, 6) is 0.235. The number of anilines is 1. The molecule has 4 nitrogen and oxygen atoms in total. The number of hydrogen-bond donors (Lipinski definition) is 1. The lowest BCUT2D eigenvalue weighted by Crippen LogP contribution is -2.05. The first-order chi connectivity index (χ1) is 9.60. The van der Waals surface area contributed by atoms with Crippen molar-refractivity contribution in [3.05, 3.63) is 52.3 Å². The monoisotopic (exact) mass is 352 g/mol. The second-order valence-corrected chi connectivity index (χ2v) is 5.86. The van der Waals surface area contributed by atoms with Crippen molar-refractivity contribution in [2.24, 2.45) is 0 Å². The molecule has 0 aliphatic heterocycles. The third-order valence-corrected chi connectivity index (χ3v) is 4.56. The number of halogens is 1. The van der Waals surface area contributed by atoms with Gasteiger partial charge in [0.25, 0.3) is 0 Å².